The van der Waals surface area contributed by atoms with E-state index in [4.69, 9.17) is 9.47 Å². The summed E-state index contributed by atoms with van der Waals surface area (Å²) in [5.74, 6) is 1.71. The summed E-state index contributed by atoms with van der Waals surface area (Å²) in [5, 5.41) is 0. The van der Waals surface area contributed by atoms with E-state index in [-0.39, 0.29) is 0 Å². The zero-order valence-electron chi connectivity index (χ0n) is 14.3. The molecule has 2 rings (SSSR count). The third-order valence-corrected chi connectivity index (χ3v) is 3.88. The van der Waals surface area contributed by atoms with Crippen molar-refractivity contribution in [3.63, 3.8) is 0 Å². The zero-order chi connectivity index (χ0) is 16.3. The Morgan fingerprint density at radius 3 is 2.43 bits per heavy atom. The summed E-state index contributed by atoms with van der Waals surface area (Å²) < 4.78 is 11.8. The van der Waals surface area contributed by atoms with Gasteiger partial charge in [0.2, 0.25) is 0 Å². The van der Waals surface area contributed by atoms with E-state index in [2.05, 4.69) is 26.0 Å². The molecule has 0 fully saturated rings. The van der Waals surface area contributed by atoms with Gasteiger partial charge in [-0.3, -0.25) is 0 Å². The second kappa shape index (κ2) is 10.1. The fourth-order valence-corrected chi connectivity index (χ4v) is 2.50. The van der Waals surface area contributed by atoms with Gasteiger partial charge in [0.15, 0.2) is 0 Å². The lowest BCUT2D eigenvalue weighted by Gasteiger charge is -2.13. The van der Waals surface area contributed by atoms with E-state index < -0.39 is 0 Å². The van der Waals surface area contributed by atoms with Crippen LogP contribution < -0.4 is 4.74 Å². The molecule has 1 atom stereocenters. The van der Waals surface area contributed by atoms with Crippen molar-refractivity contribution in [2.75, 3.05) is 0 Å². The van der Waals surface area contributed by atoms with E-state index in [0.29, 0.717) is 12.7 Å². The molecule has 0 heterocycles. The van der Waals surface area contributed by atoms with Crippen molar-refractivity contribution in [1.29, 1.82) is 0 Å². The van der Waals surface area contributed by atoms with E-state index in [1.54, 1.807) is 0 Å². The first-order chi connectivity index (χ1) is 11.3. The van der Waals surface area contributed by atoms with Gasteiger partial charge in [-0.15, -0.1) is 0 Å². The lowest BCUT2D eigenvalue weighted by molar-refractivity contribution is 0.0458. The van der Waals surface area contributed by atoms with Crippen molar-refractivity contribution >= 4 is 0 Å². The van der Waals surface area contributed by atoms with Gasteiger partial charge in [0.05, 0.1) is 12.7 Å². The molecule has 124 valence electrons. The van der Waals surface area contributed by atoms with Gasteiger partial charge in [0.1, 0.15) is 11.5 Å². The molecule has 2 aromatic carbocycles. The molecule has 2 aromatic rings. The Labute approximate surface area is 140 Å². The van der Waals surface area contributed by atoms with Crippen LogP contribution in [0.3, 0.4) is 0 Å². The second-order valence-corrected chi connectivity index (χ2v) is 6.03. The second-order valence-electron chi connectivity index (χ2n) is 6.03. The van der Waals surface area contributed by atoms with Crippen molar-refractivity contribution in [2.24, 2.45) is 0 Å². The molecule has 0 N–H and O–H groups in total. The Hall–Kier alpha value is -1.80. The Balaban J connectivity index is 1.78. The average Bonchev–Trinajstić information content (AvgIpc) is 2.58. The number of para-hydroxylation sites is 1. The third-order valence-electron chi connectivity index (χ3n) is 3.88. The molecule has 0 bridgehead atoms. The molecule has 2 heteroatoms. The van der Waals surface area contributed by atoms with Crippen LogP contribution in [0.5, 0.6) is 11.5 Å². The molecule has 0 amide bonds. The van der Waals surface area contributed by atoms with Crippen LogP contribution in [0.15, 0.2) is 54.6 Å². The standard InChI is InChI=1S/C21H28O2/c1-3-4-5-7-11-18(2)22-17-19-12-10-15-21(16-19)23-20-13-8-6-9-14-20/h6,8-10,12-16,18H,3-5,7,11,17H2,1-2H3. The summed E-state index contributed by atoms with van der Waals surface area (Å²) in [6, 6.07) is 18.0. The predicted octanol–water partition coefficient (Wildman–Crippen LogP) is 6.35. The lowest BCUT2D eigenvalue weighted by atomic mass is 10.1. The van der Waals surface area contributed by atoms with Crippen LogP contribution in [0.2, 0.25) is 0 Å². The van der Waals surface area contributed by atoms with Gasteiger partial charge in [-0.25, -0.2) is 0 Å². The first-order valence-electron chi connectivity index (χ1n) is 8.71. The number of hydrogen-bond acceptors (Lipinski definition) is 2. The summed E-state index contributed by atoms with van der Waals surface area (Å²) in [6.45, 7) is 5.04. The molecule has 0 aliphatic carbocycles. The molecule has 0 aliphatic rings. The van der Waals surface area contributed by atoms with Crippen LogP contribution in [0.25, 0.3) is 0 Å². The first-order valence-corrected chi connectivity index (χ1v) is 8.71. The van der Waals surface area contributed by atoms with Gasteiger partial charge in [0, 0.05) is 0 Å². The van der Waals surface area contributed by atoms with Crippen molar-refractivity contribution in [3.05, 3.63) is 60.2 Å². The maximum atomic E-state index is 5.96. The van der Waals surface area contributed by atoms with Gasteiger partial charge in [-0.1, -0.05) is 62.9 Å². The van der Waals surface area contributed by atoms with E-state index in [1.807, 2.05) is 42.5 Å². The maximum Gasteiger partial charge on any atom is 0.127 e. The predicted molar refractivity (Wildman–Crippen MR) is 96.0 cm³/mol. The average molecular weight is 312 g/mol. The highest BCUT2D eigenvalue weighted by Gasteiger charge is 2.04. The fourth-order valence-electron chi connectivity index (χ4n) is 2.50. The number of benzene rings is 2. The van der Waals surface area contributed by atoms with Crippen molar-refractivity contribution in [1.82, 2.24) is 0 Å². The van der Waals surface area contributed by atoms with Crippen LogP contribution >= 0.6 is 0 Å². The molecular weight excluding hydrogens is 284 g/mol. The molecular formula is C21H28O2. The van der Waals surface area contributed by atoms with Crippen LogP contribution in [0.1, 0.15) is 51.5 Å². The summed E-state index contributed by atoms with van der Waals surface area (Å²) in [4.78, 5) is 0. The molecule has 0 spiro atoms. The van der Waals surface area contributed by atoms with Crippen LogP contribution in [0.4, 0.5) is 0 Å². The summed E-state index contributed by atoms with van der Waals surface area (Å²) in [5.41, 5.74) is 1.15. The molecule has 0 radical (unpaired) electrons. The van der Waals surface area contributed by atoms with E-state index in [0.717, 1.165) is 23.5 Å². The smallest absolute Gasteiger partial charge is 0.127 e. The number of rotatable bonds is 10. The number of hydrogen-bond donors (Lipinski definition) is 0. The molecule has 0 aliphatic heterocycles. The van der Waals surface area contributed by atoms with Crippen LogP contribution in [-0.4, -0.2) is 6.10 Å². The van der Waals surface area contributed by atoms with Crippen molar-refractivity contribution < 1.29 is 9.47 Å². The lowest BCUT2D eigenvalue weighted by Crippen LogP contribution is -2.08. The minimum atomic E-state index is 0.311. The van der Waals surface area contributed by atoms with Crippen molar-refractivity contribution in [2.45, 2.75) is 58.7 Å². The highest BCUT2D eigenvalue weighted by Crippen LogP contribution is 2.22. The SMILES string of the molecule is CCCCCCC(C)OCc1cccc(Oc2ccccc2)c1. The van der Waals surface area contributed by atoms with Gasteiger partial charge in [-0.2, -0.15) is 0 Å². The van der Waals surface area contributed by atoms with Gasteiger partial charge < -0.3 is 9.47 Å². The molecule has 0 saturated heterocycles. The summed E-state index contributed by atoms with van der Waals surface area (Å²) >= 11 is 0. The molecule has 2 nitrogen and oxygen atoms in total. The van der Waals surface area contributed by atoms with Crippen LogP contribution in [-0.2, 0) is 11.3 Å². The molecule has 0 aromatic heterocycles. The van der Waals surface area contributed by atoms with E-state index in [9.17, 15) is 0 Å². The summed E-state index contributed by atoms with van der Waals surface area (Å²) in [7, 11) is 0. The largest absolute Gasteiger partial charge is 0.457 e. The van der Waals surface area contributed by atoms with Gasteiger partial charge >= 0.3 is 0 Å². The topological polar surface area (TPSA) is 18.5 Å². The highest BCUT2D eigenvalue weighted by atomic mass is 16.5. The maximum absolute atomic E-state index is 5.96. The highest BCUT2D eigenvalue weighted by molar-refractivity contribution is 5.33. The Morgan fingerprint density at radius 1 is 0.870 bits per heavy atom. The Morgan fingerprint density at radius 2 is 1.65 bits per heavy atom. The monoisotopic (exact) mass is 312 g/mol. The van der Waals surface area contributed by atoms with Gasteiger partial charge in [-0.05, 0) is 43.2 Å². The molecule has 0 saturated carbocycles. The third kappa shape index (κ3) is 6.87. The van der Waals surface area contributed by atoms with Gasteiger partial charge in [0.25, 0.3) is 0 Å². The minimum Gasteiger partial charge on any atom is -0.457 e. The fraction of sp³-hybridized carbons (Fsp3) is 0.429. The van der Waals surface area contributed by atoms with Crippen molar-refractivity contribution in [3.8, 4) is 11.5 Å². The minimum absolute atomic E-state index is 0.311. The van der Waals surface area contributed by atoms with E-state index in [1.165, 1.54) is 25.7 Å². The van der Waals surface area contributed by atoms with E-state index >= 15 is 0 Å². The molecule has 1 unspecified atom stereocenters. The first kappa shape index (κ1) is 17.6. The van der Waals surface area contributed by atoms with Crippen LogP contribution in [0, 0.1) is 0 Å². The zero-order valence-corrected chi connectivity index (χ0v) is 14.3. The normalized spacial score (nSPS) is 12.1. The number of ether oxygens (including phenoxy) is 2. The summed E-state index contributed by atoms with van der Waals surface area (Å²) in [6.07, 6.45) is 6.62. The molecule has 23 heavy (non-hydrogen) atoms. The Kier molecular flexibility index (Phi) is 7.68. The number of unbranched alkanes of at least 4 members (excludes halogenated alkanes) is 3. The Bertz CT molecular complexity index is 551. The quantitative estimate of drug-likeness (QED) is 0.476.